The van der Waals surface area contributed by atoms with Gasteiger partial charge in [-0.15, -0.1) is 11.3 Å². The Morgan fingerprint density at radius 2 is 2.50 bits per heavy atom. The van der Waals surface area contributed by atoms with Crippen LogP contribution in [0.25, 0.3) is 0 Å². The minimum Gasteiger partial charge on any atom is -0.326 e. The average Bonchev–Trinajstić information content (AvgIpc) is 2.62. The zero-order valence-electron chi connectivity index (χ0n) is 7.67. The van der Waals surface area contributed by atoms with Crippen molar-refractivity contribution in [2.75, 3.05) is 13.1 Å². The fourth-order valence-corrected chi connectivity index (χ4v) is 3.53. The molecule has 14 heavy (non-hydrogen) atoms. The van der Waals surface area contributed by atoms with Crippen LogP contribution in [0.4, 0.5) is 0 Å². The van der Waals surface area contributed by atoms with E-state index in [1.54, 1.807) is 11.3 Å². The summed E-state index contributed by atoms with van der Waals surface area (Å²) >= 11 is 11.0. The molecule has 2 N–H and O–H groups in total. The molecule has 0 bridgehead atoms. The van der Waals surface area contributed by atoms with E-state index in [4.69, 9.17) is 17.3 Å². The topological polar surface area (TPSA) is 29.3 Å². The third-order valence-electron chi connectivity index (χ3n) is 2.38. The number of hydrogen-bond acceptors (Lipinski definition) is 3. The van der Waals surface area contributed by atoms with Gasteiger partial charge >= 0.3 is 0 Å². The number of rotatable bonds is 2. The largest absolute Gasteiger partial charge is 0.326 e. The highest BCUT2D eigenvalue weighted by Crippen LogP contribution is 2.32. The van der Waals surface area contributed by atoms with Crippen molar-refractivity contribution in [1.29, 1.82) is 0 Å². The lowest BCUT2D eigenvalue weighted by Crippen LogP contribution is -2.25. The summed E-state index contributed by atoms with van der Waals surface area (Å²) in [5.41, 5.74) is 5.84. The lowest BCUT2D eigenvalue weighted by Gasteiger charge is -2.12. The second-order valence-electron chi connectivity index (χ2n) is 3.62. The maximum Gasteiger partial charge on any atom is 0.107 e. The number of hydrogen-bond donors (Lipinski definition) is 1. The molecule has 1 aliphatic heterocycles. The van der Waals surface area contributed by atoms with Gasteiger partial charge in [0.25, 0.3) is 0 Å². The van der Waals surface area contributed by atoms with Gasteiger partial charge in [0.05, 0.1) is 0 Å². The summed E-state index contributed by atoms with van der Waals surface area (Å²) in [6, 6.07) is 2.45. The molecule has 0 aromatic carbocycles. The van der Waals surface area contributed by atoms with Gasteiger partial charge in [-0.2, -0.15) is 0 Å². The van der Waals surface area contributed by atoms with E-state index in [0.717, 1.165) is 34.9 Å². The number of nitrogens with two attached hydrogens (primary N) is 1. The third-order valence-corrected chi connectivity index (χ3v) is 4.84. The van der Waals surface area contributed by atoms with E-state index in [-0.39, 0.29) is 0 Å². The minimum absolute atomic E-state index is 0.355. The number of thiophene rings is 1. The Morgan fingerprint density at radius 1 is 1.71 bits per heavy atom. The van der Waals surface area contributed by atoms with E-state index in [1.165, 1.54) is 4.88 Å². The highest BCUT2D eigenvalue weighted by Gasteiger charge is 2.19. The van der Waals surface area contributed by atoms with Crippen molar-refractivity contribution in [3.05, 3.63) is 19.8 Å². The van der Waals surface area contributed by atoms with E-state index in [2.05, 4.69) is 26.9 Å². The van der Waals surface area contributed by atoms with E-state index in [9.17, 15) is 0 Å². The summed E-state index contributed by atoms with van der Waals surface area (Å²) in [5, 5.41) is 0. The summed E-state index contributed by atoms with van der Waals surface area (Å²) in [6.07, 6.45) is 1.11. The zero-order chi connectivity index (χ0) is 10.1. The Labute approximate surface area is 101 Å². The van der Waals surface area contributed by atoms with E-state index < -0.39 is 0 Å². The van der Waals surface area contributed by atoms with Gasteiger partial charge < -0.3 is 5.73 Å². The van der Waals surface area contributed by atoms with Gasteiger partial charge in [-0.3, -0.25) is 4.90 Å². The first-order chi connectivity index (χ1) is 6.65. The highest BCUT2D eigenvalue weighted by atomic mass is 79.9. The second kappa shape index (κ2) is 4.49. The van der Waals surface area contributed by atoms with E-state index >= 15 is 0 Å². The van der Waals surface area contributed by atoms with Crippen LogP contribution in [-0.2, 0) is 6.54 Å². The molecule has 2 rings (SSSR count). The van der Waals surface area contributed by atoms with Crippen LogP contribution < -0.4 is 5.73 Å². The van der Waals surface area contributed by atoms with Crippen molar-refractivity contribution in [1.82, 2.24) is 4.90 Å². The molecule has 5 heteroatoms. The van der Waals surface area contributed by atoms with Gasteiger partial charge in [0.15, 0.2) is 0 Å². The number of likely N-dealkylation sites (tertiary alicyclic amines) is 1. The van der Waals surface area contributed by atoms with Crippen molar-refractivity contribution in [2.45, 2.75) is 19.0 Å². The molecule has 1 fully saturated rings. The number of nitrogens with zero attached hydrogens (tertiary/aromatic N) is 1. The maximum atomic E-state index is 5.97. The van der Waals surface area contributed by atoms with Crippen LogP contribution in [0.15, 0.2) is 10.5 Å². The molecule has 1 aromatic rings. The van der Waals surface area contributed by atoms with Crippen LogP contribution >= 0.6 is 38.9 Å². The Kier molecular flexibility index (Phi) is 3.50. The van der Waals surface area contributed by atoms with Crippen molar-refractivity contribution in [3.63, 3.8) is 0 Å². The number of halogens is 2. The molecule has 1 atom stereocenters. The van der Waals surface area contributed by atoms with Gasteiger partial charge in [-0.05, 0) is 28.4 Å². The van der Waals surface area contributed by atoms with Crippen molar-refractivity contribution in [2.24, 2.45) is 5.73 Å². The quantitative estimate of drug-likeness (QED) is 0.909. The first kappa shape index (κ1) is 10.9. The average molecular weight is 296 g/mol. The van der Waals surface area contributed by atoms with Gasteiger partial charge in [0.1, 0.15) is 4.34 Å². The van der Waals surface area contributed by atoms with Gasteiger partial charge in [0, 0.05) is 35.0 Å². The summed E-state index contributed by atoms with van der Waals surface area (Å²) in [5.74, 6) is 0. The predicted octanol–water partition coefficient (Wildman–Crippen LogP) is 2.70. The molecule has 2 nitrogen and oxygen atoms in total. The van der Waals surface area contributed by atoms with Crippen LogP contribution in [0, 0.1) is 0 Å². The van der Waals surface area contributed by atoms with E-state index in [0.29, 0.717) is 6.04 Å². The van der Waals surface area contributed by atoms with Gasteiger partial charge in [-0.1, -0.05) is 11.6 Å². The van der Waals surface area contributed by atoms with Crippen molar-refractivity contribution in [3.8, 4) is 0 Å². The molecule has 0 radical (unpaired) electrons. The van der Waals surface area contributed by atoms with Crippen molar-refractivity contribution >= 4 is 38.9 Å². The van der Waals surface area contributed by atoms with E-state index in [1.807, 2.05) is 0 Å². The first-order valence-electron chi connectivity index (χ1n) is 4.57. The summed E-state index contributed by atoms with van der Waals surface area (Å²) in [7, 11) is 0. The van der Waals surface area contributed by atoms with Crippen LogP contribution in [0.3, 0.4) is 0 Å². The van der Waals surface area contributed by atoms with Crippen LogP contribution in [0.5, 0.6) is 0 Å². The zero-order valence-corrected chi connectivity index (χ0v) is 10.8. The molecular formula is C9H12BrClN2S. The van der Waals surface area contributed by atoms with Crippen LogP contribution in [0.2, 0.25) is 4.34 Å². The molecule has 0 aliphatic carbocycles. The van der Waals surface area contributed by atoms with Crippen molar-refractivity contribution < 1.29 is 0 Å². The van der Waals surface area contributed by atoms with Crippen LogP contribution in [-0.4, -0.2) is 24.0 Å². The molecule has 0 saturated carbocycles. The Bertz CT molecular complexity index is 309. The molecule has 1 aromatic heterocycles. The first-order valence-corrected chi connectivity index (χ1v) is 6.55. The SMILES string of the molecule is NC1CCN(Cc2cc(Br)c(Cl)s2)C1. The molecular weight excluding hydrogens is 284 g/mol. The lowest BCUT2D eigenvalue weighted by molar-refractivity contribution is 0.330. The molecule has 0 spiro atoms. The highest BCUT2D eigenvalue weighted by molar-refractivity contribution is 9.10. The smallest absolute Gasteiger partial charge is 0.107 e. The van der Waals surface area contributed by atoms with Crippen LogP contribution in [0.1, 0.15) is 11.3 Å². The molecule has 1 unspecified atom stereocenters. The standard InChI is InChI=1S/C9H12BrClN2S/c10-8-3-7(14-9(8)11)5-13-2-1-6(12)4-13/h3,6H,1-2,4-5,12H2. The molecule has 2 heterocycles. The third kappa shape index (κ3) is 2.49. The molecule has 0 amide bonds. The Hall–Kier alpha value is 0.390. The Balaban J connectivity index is 1.97. The maximum absolute atomic E-state index is 5.97. The fraction of sp³-hybridized carbons (Fsp3) is 0.556. The summed E-state index contributed by atoms with van der Waals surface area (Å²) < 4.78 is 1.84. The van der Waals surface area contributed by atoms with Gasteiger partial charge in [-0.25, -0.2) is 0 Å². The summed E-state index contributed by atoms with van der Waals surface area (Å²) in [4.78, 5) is 3.68. The molecule has 78 valence electrons. The molecule has 1 aliphatic rings. The predicted molar refractivity (Wildman–Crippen MR) is 64.9 cm³/mol. The van der Waals surface area contributed by atoms with Gasteiger partial charge in [0.2, 0.25) is 0 Å². The second-order valence-corrected chi connectivity index (χ2v) is 6.21. The normalized spacial score (nSPS) is 23.2. The monoisotopic (exact) mass is 294 g/mol. The summed E-state index contributed by atoms with van der Waals surface area (Å²) in [6.45, 7) is 3.09. The fourth-order valence-electron chi connectivity index (χ4n) is 1.70. The minimum atomic E-state index is 0.355. The Morgan fingerprint density at radius 3 is 3.00 bits per heavy atom. The lowest BCUT2D eigenvalue weighted by atomic mass is 10.3. The molecule has 1 saturated heterocycles.